The van der Waals surface area contributed by atoms with Crippen LogP contribution >= 0.6 is 0 Å². The number of likely N-dealkylation sites (tertiary alicyclic amines) is 1. The molecule has 1 saturated carbocycles. The van der Waals surface area contributed by atoms with Gasteiger partial charge in [-0.25, -0.2) is 8.78 Å². The third kappa shape index (κ3) is 5.97. The Balaban J connectivity index is 1.35. The first-order valence-electron chi connectivity index (χ1n) is 13.6. The van der Waals surface area contributed by atoms with Crippen molar-refractivity contribution in [1.29, 1.82) is 5.26 Å². The van der Waals surface area contributed by atoms with Crippen molar-refractivity contribution in [3.8, 4) is 17.2 Å². The van der Waals surface area contributed by atoms with Gasteiger partial charge in [-0.1, -0.05) is 49.9 Å². The lowest BCUT2D eigenvalue weighted by atomic mass is 9.67. The molecule has 3 aromatic rings. The zero-order valence-corrected chi connectivity index (χ0v) is 22.0. The molecule has 1 saturated heterocycles. The van der Waals surface area contributed by atoms with E-state index in [0.29, 0.717) is 11.3 Å². The number of benzene rings is 3. The van der Waals surface area contributed by atoms with Gasteiger partial charge in [-0.05, 0) is 103 Å². The van der Waals surface area contributed by atoms with Gasteiger partial charge in [0.25, 0.3) is 0 Å². The summed E-state index contributed by atoms with van der Waals surface area (Å²) in [6.07, 6.45) is 5.80. The van der Waals surface area contributed by atoms with Crippen LogP contribution in [0.25, 0.3) is 11.1 Å². The van der Waals surface area contributed by atoms with Gasteiger partial charge < -0.3 is 10.2 Å². The number of anilines is 1. The minimum atomic E-state index is -0.865. The highest BCUT2D eigenvalue weighted by atomic mass is 19.2. The molecule has 1 heterocycles. The second kappa shape index (κ2) is 11.1. The topological polar surface area (TPSA) is 39.1 Å². The summed E-state index contributed by atoms with van der Waals surface area (Å²) < 4.78 is 27.1. The first-order valence-corrected chi connectivity index (χ1v) is 13.6. The smallest absolute Gasteiger partial charge is 0.160 e. The molecule has 2 fully saturated rings. The molecule has 1 N–H and O–H groups in total. The van der Waals surface area contributed by atoms with E-state index in [4.69, 9.17) is 0 Å². The van der Waals surface area contributed by atoms with Crippen LogP contribution in [0.15, 0.2) is 79.0 Å². The molecule has 5 heteroatoms. The highest BCUT2D eigenvalue weighted by Gasteiger charge is 2.39. The summed E-state index contributed by atoms with van der Waals surface area (Å²) in [5.74, 6) is -0.709. The molecule has 196 valence electrons. The first-order chi connectivity index (χ1) is 18.3. The highest BCUT2D eigenvalue weighted by molar-refractivity contribution is 5.65. The zero-order valence-electron chi connectivity index (χ0n) is 22.0. The molecule has 1 unspecified atom stereocenters. The van der Waals surface area contributed by atoms with Crippen molar-refractivity contribution >= 4 is 5.69 Å². The Kier molecular flexibility index (Phi) is 7.63. The maximum atomic E-state index is 13.7. The fraction of sp³-hybridized carbons (Fsp3) is 0.364. The molecular weight excluding hydrogens is 476 g/mol. The number of nitrogens with zero attached hydrogens (tertiary/aromatic N) is 2. The average molecular weight is 512 g/mol. The highest BCUT2D eigenvalue weighted by Crippen LogP contribution is 2.43. The molecule has 1 atom stereocenters. The minimum Gasteiger partial charge on any atom is -0.359 e. The normalized spacial score (nSPS) is 17.9. The molecule has 1 aliphatic carbocycles. The van der Waals surface area contributed by atoms with Crippen molar-refractivity contribution in [2.45, 2.75) is 44.4 Å². The monoisotopic (exact) mass is 511 g/mol. The largest absolute Gasteiger partial charge is 0.359 e. The van der Waals surface area contributed by atoms with Gasteiger partial charge in [0.1, 0.15) is 0 Å². The van der Waals surface area contributed by atoms with Crippen molar-refractivity contribution in [2.24, 2.45) is 11.8 Å². The van der Waals surface area contributed by atoms with Crippen LogP contribution in [0.4, 0.5) is 14.5 Å². The van der Waals surface area contributed by atoms with Crippen LogP contribution in [0, 0.1) is 34.8 Å². The Morgan fingerprint density at radius 1 is 1.03 bits per heavy atom. The van der Waals surface area contributed by atoms with Crippen molar-refractivity contribution in [2.75, 3.05) is 25.0 Å². The maximum Gasteiger partial charge on any atom is 0.160 e. The number of hydrogen-bond donors (Lipinski definition) is 1. The summed E-state index contributed by atoms with van der Waals surface area (Å²) in [5, 5.41) is 12.5. The van der Waals surface area contributed by atoms with Crippen LogP contribution in [0.2, 0.25) is 0 Å². The molecule has 38 heavy (non-hydrogen) atoms. The van der Waals surface area contributed by atoms with Crippen LogP contribution < -0.4 is 5.32 Å². The van der Waals surface area contributed by atoms with Crippen molar-refractivity contribution < 1.29 is 8.78 Å². The van der Waals surface area contributed by atoms with Gasteiger partial charge in [0.15, 0.2) is 11.6 Å². The van der Waals surface area contributed by atoms with Crippen LogP contribution in [-0.4, -0.2) is 24.5 Å². The lowest BCUT2D eigenvalue weighted by Crippen LogP contribution is -2.44. The Morgan fingerprint density at radius 3 is 2.42 bits per heavy atom. The molecule has 5 rings (SSSR count). The van der Waals surface area contributed by atoms with Gasteiger partial charge >= 0.3 is 0 Å². The molecule has 3 nitrogen and oxygen atoms in total. The molecular formula is C33H35F2N3. The molecule has 2 aliphatic rings. The predicted molar refractivity (Wildman–Crippen MR) is 150 cm³/mol. The molecule has 0 aromatic heterocycles. The van der Waals surface area contributed by atoms with Gasteiger partial charge in [0.05, 0.1) is 11.6 Å². The van der Waals surface area contributed by atoms with E-state index in [1.165, 1.54) is 31.0 Å². The maximum absolute atomic E-state index is 13.7. The van der Waals surface area contributed by atoms with Gasteiger partial charge in [-0.3, -0.25) is 0 Å². The minimum absolute atomic E-state index is 0.00512. The lowest BCUT2D eigenvalue weighted by Gasteiger charge is -2.44. The van der Waals surface area contributed by atoms with E-state index in [1.54, 1.807) is 6.07 Å². The van der Waals surface area contributed by atoms with Gasteiger partial charge in [-0.15, -0.1) is 0 Å². The predicted octanol–water partition coefficient (Wildman–Crippen LogP) is 7.90. The van der Waals surface area contributed by atoms with Gasteiger partial charge in [0.2, 0.25) is 0 Å². The van der Waals surface area contributed by atoms with Crippen LogP contribution in [-0.2, 0) is 5.41 Å². The van der Waals surface area contributed by atoms with E-state index >= 15 is 0 Å². The third-order valence-corrected chi connectivity index (χ3v) is 8.37. The third-order valence-electron chi connectivity index (χ3n) is 8.37. The number of hydrogen-bond acceptors (Lipinski definition) is 3. The number of halogens is 2. The van der Waals surface area contributed by atoms with E-state index in [0.717, 1.165) is 61.2 Å². The van der Waals surface area contributed by atoms with E-state index in [-0.39, 0.29) is 11.3 Å². The number of piperidine rings is 1. The van der Waals surface area contributed by atoms with E-state index in [9.17, 15) is 14.0 Å². The average Bonchev–Trinajstić information content (AvgIpc) is 3.76. The molecule has 0 spiro atoms. The van der Waals surface area contributed by atoms with Crippen LogP contribution in [0.3, 0.4) is 0 Å². The van der Waals surface area contributed by atoms with Crippen molar-refractivity contribution in [1.82, 2.24) is 4.90 Å². The van der Waals surface area contributed by atoms with Crippen molar-refractivity contribution in [3.63, 3.8) is 0 Å². The van der Waals surface area contributed by atoms with E-state index in [2.05, 4.69) is 54.1 Å². The fourth-order valence-corrected chi connectivity index (χ4v) is 5.82. The summed E-state index contributed by atoms with van der Waals surface area (Å²) in [5.41, 5.74) is 5.46. The number of nitrogens with one attached hydrogen (secondary N) is 1. The Labute approximate surface area is 224 Å². The number of rotatable bonds is 9. The molecule has 0 radical (unpaired) electrons. The summed E-state index contributed by atoms with van der Waals surface area (Å²) in [7, 11) is 0. The number of nitriles is 1. The summed E-state index contributed by atoms with van der Waals surface area (Å²) >= 11 is 0. The lowest BCUT2D eigenvalue weighted by molar-refractivity contribution is 0.139. The molecule has 0 amide bonds. The Morgan fingerprint density at radius 2 is 1.76 bits per heavy atom. The molecule has 3 aromatic carbocycles. The second-order valence-electron chi connectivity index (χ2n) is 11.2. The summed E-state index contributed by atoms with van der Waals surface area (Å²) in [6.45, 7) is 9.80. The quantitative estimate of drug-likeness (QED) is 0.317. The molecule has 1 aliphatic heterocycles. The van der Waals surface area contributed by atoms with Crippen molar-refractivity contribution in [3.05, 3.63) is 102 Å². The van der Waals surface area contributed by atoms with E-state index in [1.807, 2.05) is 24.3 Å². The first kappa shape index (κ1) is 26.1. The van der Waals surface area contributed by atoms with Crippen LogP contribution in [0.5, 0.6) is 0 Å². The van der Waals surface area contributed by atoms with Gasteiger partial charge in [0, 0.05) is 24.0 Å². The summed E-state index contributed by atoms with van der Waals surface area (Å²) in [4.78, 5) is 2.62. The van der Waals surface area contributed by atoms with Crippen LogP contribution in [0.1, 0.15) is 50.2 Å². The van der Waals surface area contributed by atoms with E-state index < -0.39 is 11.6 Å². The zero-order chi connectivity index (χ0) is 26.7. The summed E-state index contributed by atoms with van der Waals surface area (Å²) in [6, 6.07) is 22.6. The SMILES string of the molecule is C=C(Nc1ccc(F)c(F)c1)C(C)CC1(c2ccc(-c3cccc(C#N)c3)cc2)CCN(CC2CC2)CC1. The Hall–Kier alpha value is -3.49. The van der Waals surface area contributed by atoms with Gasteiger partial charge in [-0.2, -0.15) is 5.26 Å². The standard InChI is InChI=1S/C33H35F2N3/c1-23(24(2)37-30-12-13-31(34)32(35)19-30)20-33(14-16-38(17-15-33)22-25-6-7-25)29-10-8-27(9-11-29)28-5-3-4-26(18-28)21-36/h3-5,8-13,18-19,23,25,37H,2,6-7,14-17,20,22H2,1H3. The Bertz CT molecular complexity index is 1330. The fourth-order valence-electron chi connectivity index (χ4n) is 5.82. The second-order valence-corrected chi connectivity index (χ2v) is 11.2. The number of allylic oxidation sites excluding steroid dienone is 1. The molecule has 0 bridgehead atoms.